The number of esters is 1. The number of methoxy groups -OCH3 is 1. The van der Waals surface area contributed by atoms with E-state index >= 15 is 0 Å². The second-order valence-corrected chi connectivity index (χ2v) is 4.91. The lowest BCUT2D eigenvalue weighted by molar-refractivity contribution is -0.139. The van der Waals surface area contributed by atoms with Crippen LogP contribution < -0.4 is 4.74 Å². The van der Waals surface area contributed by atoms with E-state index in [1.54, 1.807) is 0 Å². The maximum atomic E-state index is 11.1. The van der Waals surface area contributed by atoms with Gasteiger partial charge in [-0.15, -0.1) is 0 Å². The van der Waals surface area contributed by atoms with Crippen LogP contribution in [-0.2, 0) is 16.0 Å². The monoisotopic (exact) mass is 282 g/mol. The molecule has 1 unspecified atom stereocenters. The van der Waals surface area contributed by atoms with Crippen molar-refractivity contribution in [1.82, 2.24) is 0 Å². The summed E-state index contributed by atoms with van der Waals surface area (Å²) in [6, 6.07) is 7.56. The summed E-state index contributed by atoms with van der Waals surface area (Å²) in [5.41, 5.74) is 0.929. The Morgan fingerprint density at radius 1 is 1.32 bits per heavy atom. The minimum Gasteiger partial charge on any atom is -0.493 e. The molecule has 19 heavy (non-hydrogen) atoms. The van der Waals surface area contributed by atoms with Gasteiger partial charge in [0.25, 0.3) is 0 Å². The Kier molecular flexibility index (Phi) is 7.41. The van der Waals surface area contributed by atoms with Crippen molar-refractivity contribution in [2.24, 2.45) is 5.92 Å². The van der Waals surface area contributed by atoms with Gasteiger partial charge in [-0.05, 0) is 29.9 Å². The normalized spacial score (nSPS) is 11.9. The lowest BCUT2D eigenvalue weighted by atomic mass is 10.1. The number of thiol groups is 1. The Morgan fingerprint density at radius 3 is 2.53 bits per heavy atom. The number of rotatable bonds is 8. The average Bonchev–Trinajstić information content (AvgIpc) is 2.44. The van der Waals surface area contributed by atoms with Crippen LogP contribution in [0.5, 0.6) is 5.75 Å². The van der Waals surface area contributed by atoms with E-state index < -0.39 is 0 Å². The molecule has 0 bridgehead atoms. The quantitative estimate of drug-likeness (QED) is 0.588. The third-order valence-electron chi connectivity index (χ3n) is 2.94. The molecule has 1 aromatic rings. The van der Waals surface area contributed by atoms with Crippen LogP contribution in [0.4, 0.5) is 0 Å². The van der Waals surface area contributed by atoms with Crippen LogP contribution >= 0.6 is 12.6 Å². The van der Waals surface area contributed by atoms with Crippen molar-refractivity contribution in [3.63, 3.8) is 0 Å². The Balaban J connectivity index is 2.45. The van der Waals surface area contributed by atoms with Crippen molar-refractivity contribution in [3.8, 4) is 5.75 Å². The van der Waals surface area contributed by atoms with Gasteiger partial charge in [-0.25, -0.2) is 0 Å². The smallest absolute Gasteiger partial charge is 0.309 e. The van der Waals surface area contributed by atoms with Crippen LogP contribution in [0.25, 0.3) is 0 Å². The van der Waals surface area contributed by atoms with Crippen molar-refractivity contribution < 1.29 is 14.3 Å². The van der Waals surface area contributed by atoms with Crippen LogP contribution in [-0.4, -0.2) is 25.4 Å². The van der Waals surface area contributed by atoms with Crippen LogP contribution in [0.2, 0.25) is 0 Å². The Bertz CT molecular complexity index is 375. The molecule has 0 amide bonds. The highest BCUT2D eigenvalue weighted by Gasteiger charge is 2.07. The fourth-order valence-electron chi connectivity index (χ4n) is 1.79. The SMILES string of the molecule is CCCC(CS)COc1ccc(CC(=O)OC)cc1. The molecule has 0 aliphatic carbocycles. The molecule has 106 valence electrons. The largest absolute Gasteiger partial charge is 0.493 e. The molecule has 0 N–H and O–H groups in total. The first-order valence-electron chi connectivity index (χ1n) is 6.59. The van der Waals surface area contributed by atoms with Gasteiger partial charge in [0.05, 0.1) is 20.1 Å². The van der Waals surface area contributed by atoms with Gasteiger partial charge in [0, 0.05) is 5.92 Å². The summed E-state index contributed by atoms with van der Waals surface area (Å²) < 4.78 is 10.4. The summed E-state index contributed by atoms with van der Waals surface area (Å²) in [7, 11) is 1.39. The topological polar surface area (TPSA) is 35.5 Å². The van der Waals surface area contributed by atoms with E-state index in [2.05, 4.69) is 24.3 Å². The highest BCUT2D eigenvalue weighted by atomic mass is 32.1. The second-order valence-electron chi connectivity index (χ2n) is 4.55. The fourth-order valence-corrected chi connectivity index (χ4v) is 2.08. The third kappa shape index (κ3) is 6.01. The Morgan fingerprint density at radius 2 is 2.00 bits per heavy atom. The molecule has 0 saturated carbocycles. The first-order chi connectivity index (χ1) is 9.19. The summed E-state index contributed by atoms with van der Waals surface area (Å²) in [4.78, 5) is 11.1. The zero-order valence-corrected chi connectivity index (χ0v) is 12.5. The van der Waals surface area contributed by atoms with Gasteiger partial charge in [0.1, 0.15) is 5.75 Å². The van der Waals surface area contributed by atoms with Crippen molar-refractivity contribution in [1.29, 1.82) is 0 Å². The number of carbonyl (C=O) groups excluding carboxylic acids is 1. The molecule has 0 aliphatic rings. The molecule has 0 aliphatic heterocycles. The molecule has 0 heterocycles. The number of carbonyl (C=O) groups is 1. The maximum Gasteiger partial charge on any atom is 0.309 e. The van der Waals surface area contributed by atoms with Crippen LogP contribution in [0.1, 0.15) is 25.3 Å². The molecule has 0 radical (unpaired) electrons. The van der Waals surface area contributed by atoms with Crippen molar-refractivity contribution in [3.05, 3.63) is 29.8 Å². The Labute approximate surface area is 120 Å². The zero-order chi connectivity index (χ0) is 14.1. The van der Waals surface area contributed by atoms with Crippen LogP contribution in [0.3, 0.4) is 0 Å². The van der Waals surface area contributed by atoms with E-state index in [-0.39, 0.29) is 5.97 Å². The molecule has 1 aromatic carbocycles. The molecule has 1 rings (SSSR count). The number of benzene rings is 1. The molecule has 4 heteroatoms. The summed E-state index contributed by atoms with van der Waals surface area (Å²) >= 11 is 4.33. The highest BCUT2D eigenvalue weighted by Crippen LogP contribution is 2.16. The first-order valence-corrected chi connectivity index (χ1v) is 7.22. The minimum absolute atomic E-state index is 0.230. The van der Waals surface area contributed by atoms with Gasteiger partial charge >= 0.3 is 5.97 Å². The number of hydrogen-bond acceptors (Lipinski definition) is 4. The van der Waals surface area contributed by atoms with E-state index in [1.807, 2.05) is 24.3 Å². The molecule has 0 aromatic heterocycles. The summed E-state index contributed by atoms with van der Waals surface area (Å²) in [6.45, 7) is 2.85. The second kappa shape index (κ2) is 8.86. The molecular formula is C15H22O3S. The van der Waals surface area contributed by atoms with E-state index in [9.17, 15) is 4.79 Å². The summed E-state index contributed by atoms with van der Waals surface area (Å²) in [5.74, 6) is 1.93. The maximum absolute atomic E-state index is 11.1. The highest BCUT2D eigenvalue weighted by molar-refractivity contribution is 7.80. The van der Waals surface area contributed by atoms with Crippen molar-refractivity contribution in [2.75, 3.05) is 19.5 Å². The van der Waals surface area contributed by atoms with E-state index in [1.165, 1.54) is 7.11 Å². The van der Waals surface area contributed by atoms with Gasteiger partial charge in [-0.1, -0.05) is 25.5 Å². The predicted molar refractivity (Wildman–Crippen MR) is 79.9 cm³/mol. The Hall–Kier alpha value is -1.16. The van der Waals surface area contributed by atoms with Crippen molar-refractivity contribution >= 4 is 18.6 Å². The summed E-state index contributed by atoms with van der Waals surface area (Å²) in [5, 5.41) is 0. The average molecular weight is 282 g/mol. The van der Waals surface area contributed by atoms with Gasteiger partial charge in [-0.3, -0.25) is 4.79 Å². The minimum atomic E-state index is -0.230. The van der Waals surface area contributed by atoms with Gasteiger partial charge in [0.15, 0.2) is 0 Å². The van der Waals surface area contributed by atoms with E-state index in [0.29, 0.717) is 18.9 Å². The third-order valence-corrected chi connectivity index (χ3v) is 3.46. The van der Waals surface area contributed by atoms with E-state index in [0.717, 1.165) is 29.9 Å². The lowest BCUT2D eigenvalue weighted by Gasteiger charge is -2.14. The fraction of sp³-hybridized carbons (Fsp3) is 0.533. The van der Waals surface area contributed by atoms with Crippen LogP contribution in [0.15, 0.2) is 24.3 Å². The molecule has 0 saturated heterocycles. The predicted octanol–water partition coefficient (Wildman–Crippen LogP) is 3.13. The molecule has 3 nitrogen and oxygen atoms in total. The molecule has 0 fully saturated rings. The number of ether oxygens (including phenoxy) is 2. The van der Waals surface area contributed by atoms with Gasteiger partial charge in [-0.2, -0.15) is 12.6 Å². The number of hydrogen-bond donors (Lipinski definition) is 1. The first kappa shape index (κ1) is 15.9. The van der Waals surface area contributed by atoms with Crippen molar-refractivity contribution in [2.45, 2.75) is 26.2 Å². The van der Waals surface area contributed by atoms with Crippen LogP contribution in [0, 0.1) is 5.92 Å². The lowest BCUT2D eigenvalue weighted by Crippen LogP contribution is -2.13. The molecule has 0 spiro atoms. The van der Waals surface area contributed by atoms with E-state index in [4.69, 9.17) is 4.74 Å². The zero-order valence-electron chi connectivity index (χ0n) is 11.6. The standard InChI is InChI=1S/C15H22O3S/c1-3-4-13(11-19)10-18-14-7-5-12(6-8-14)9-15(16)17-2/h5-8,13,19H,3-4,9-11H2,1-2H3. The summed E-state index contributed by atoms with van der Waals surface area (Å²) in [6.07, 6.45) is 2.57. The molecular weight excluding hydrogens is 260 g/mol. The van der Waals surface area contributed by atoms with Gasteiger partial charge < -0.3 is 9.47 Å². The molecule has 1 atom stereocenters. The van der Waals surface area contributed by atoms with Gasteiger partial charge in [0.2, 0.25) is 0 Å².